The van der Waals surface area contributed by atoms with Crippen molar-refractivity contribution in [3.05, 3.63) is 107 Å². The molecule has 1 aliphatic carbocycles. The second-order valence-corrected chi connectivity index (χ2v) is 8.07. The summed E-state index contributed by atoms with van der Waals surface area (Å²) in [7, 11) is 0. The number of anilines is 2. The Hall–Kier alpha value is -4.21. The third-order valence-electron chi connectivity index (χ3n) is 5.54. The topological polar surface area (TPSA) is 99.5 Å². The van der Waals surface area contributed by atoms with Crippen LogP contribution in [0.15, 0.2) is 77.6 Å². The number of hydrogen-bond acceptors (Lipinski definition) is 6. The number of carbonyl (C=O) groups excluding carboxylic acids is 1. The Morgan fingerprint density at radius 3 is 2.49 bits per heavy atom. The number of aromatic nitrogens is 2. The molecule has 2 heterocycles. The van der Waals surface area contributed by atoms with Crippen LogP contribution in [0.3, 0.4) is 0 Å². The van der Waals surface area contributed by atoms with Crippen molar-refractivity contribution in [2.24, 2.45) is 4.99 Å². The van der Waals surface area contributed by atoms with E-state index >= 15 is 0 Å². The molecule has 10 heteroatoms. The number of hydrogen-bond donors (Lipinski definition) is 3. The van der Waals surface area contributed by atoms with Crippen molar-refractivity contribution >= 4 is 45.5 Å². The molecule has 0 saturated heterocycles. The first kappa shape index (κ1) is 22.6. The summed E-state index contributed by atoms with van der Waals surface area (Å²) in [5, 5.41) is 11.9. The zero-order valence-corrected chi connectivity index (χ0v) is 18.6. The van der Waals surface area contributed by atoms with Crippen LogP contribution in [0.2, 0.25) is 0 Å². The third kappa shape index (κ3) is 4.34. The zero-order valence-electron chi connectivity index (χ0n) is 17.9. The Kier molecular flexibility index (Phi) is 5.94. The van der Waals surface area contributed by atoms with Crippen LogP contribution in [0.4, 0.5) is 20.4 Å². The number of rotatable bonds is 4. The van der Waals surface area contributed by atoms with Crippen molar-refractivity contribution in [3.8, 4) is 0 Å². The molecule has 174 valence electrons. The summed E-state index contributed by atoms with van der Waals surface area (Å²) >= 11 is 6.21. The van der Waals surface area contributed by atoms with Gasteiger partial charge in [0, 0.05) is 34.8 Å². The van der Waals surface area contributed by atoms with Gasteiger partial charge in [-0.25, -0.2) is 29.2 Å². The SMILES string of the molecule is O=C(NO)c1ccc(Nc2ncc3c(n2)C2=CN=C(Cl)C=C(c4c(F)cccc4F)C2=CC3)cc1. The third-order valence-corrected chi connectivity index (χ3v) is 5.75. The largest absolute Gasteiger partial charge is 0.324 e. The van der Waals surface area contributed by atoms with Crippen molar-refractivity contribution in [2.75, 3.05) is 5.32 Å². The molecule has 0 unspecified atom stereocenters. The van der Waals surface area contributed by atoms with Crippen LogP contribution in [0.25, 0.3) is 11.1 Å². The van der Waals surface area contributed by atoms with E-state index in [0.717, 1.165) is 5.56 Å². The molecule has 0 bridgehead atoms. The number of allylic oxidation sites excluding steroid dienone is 5. The molecule has 0 saturated carbocycles. The van der Waals surface area contributed by atoms with Gasteiger partial charge in [-0.1, -0.05) is 23.7 Å². The standard InChI is InChI=1S/C25H16ClF2N5O2/c26-21-10-17(22-19(27)2-1-3-20(22)28)16-9-6-14-11-30-25(32-23(14)18(16)12-29-21)31-15-7-4-13(5-8-15)24(34)33-35/h1-5,7-12,35H,6H2,(H,33,34)(H,30,31,32). The molecule has 1 amide bonds. The Bertz CT molecular complexity index is 1460. The van der Waals surface area contributed by atoms with E-state index in [-0.39, 0.29) is 27.8 Å². The lowest BCUT2D eigenvalue weighted by molar-refractivity contribution is 0.0706. The Morgan fingerprint density at radius 1 is 1.03 bits per heavy atom. The average Bonchev–Trinajstić information content (AvgIpc) is 3.03. The fourth-order valence-electron chi connectivity index (χ4n) is 3.91. The first-order valence-corrected chi connectivity index (χ1v) is 10.8. The van der Waals surface area contributed by atoms with Gasteiger partial charge in [-0.15, -0.1) is 0 Å². The van der Waals surface area contributed by atoms with Gasteiger partial charge in [-0.2, -0.15) is 0 Å². The van der Waals surface area contributed by atoms with Gasteiger partial charge in [0.05, 0.1) is 11.3 Å². The van der Waals surface area contributed by atoms with Gasteiger partial charge in [0.2, 0.25) is 5.95 Å². The van der Waals surface area contributed by atoms with E-state index < -0.39 is 17.5 Å². The summed E-state index contributed by atoms with van der Waals surface area (Å²) < 4.78 is 29.3. The molecular formula is C25H16ClF2N5O2. The monoisotopic (exact) mass is 491 g/mol. The predicted octanol–water partition coefficient (Wildman–Crippen LogP) is 5.18. The summed E-state index contributed by atoms with van der Waals surface area (Å²) in [5.74, 6) is -1.78. The molecule has 0 radical (unpaired) electrons. The van der Waals surface area contributed by atoms with Crippen LogP contribution >= 0.6 is 11.6 Å². The highest BCUT2D eigenvalue weighted by atomic mass is 35.5. The highest BCUT2D eigenvalue weighted by Crippen LogP contribution is 2.41. The minimum atomic E-state index is -0.711. The van der Waals surface area contributed by atoms with Crippen LogP contribution in [-0.4, -0.2) is 26.3 Å². The molecular weight excluding hydrogens is 476 g/mol. The summed E-state index contributed by atoms with van der Waals surface area (Å²) in [6.45, 7) is 0. The van der Waals surface area contributed by atoms with Gasteiger partial charge >= 0.3 is 0 Å². The van der Waals surface area contributed by atoms with Gasteiger partial charge in [0.25, 0.3) is 5.91 Å². The van der Waals surface area contributed by atoms with E-state index in [4.69, 9.17) is 16.8 Å². The molecule has 1 aliphatic heterocycles. The molecule has 3 aromatic rings. The number of hydroxylamine groups is 1. The molecule has 7 nitrogen and oxygen atoms in total. The maximum absolute atomic E-state index is 14.7. The quantitative estimate of drug-likeness (QED) is 0.345. The molecule has 0 fully saturated rings. The van der Waals surface area contributed by atoms with Crippen molar-refractivity contribution in [1.29, 1.82) is 0 Å². The van der Waals surface area contributed by atoms with Gasteiger partial charge in [0.1, 0.15) is 16.8 Å². The fourth-order valence-corrected chi connectivity index (χ4v) is 4.06. The fraction of sp³-hybridized carbons (Fsp3) is 0.0400. The van der Waals surface area contributed by atoms with Crippen molar-refractivity contribution in [3.63, 3.8) is 0 Å². The van der Waals surface area contributed by atoms with Crippen molar-refractivity contribution in [2.45, 2.75) is 6.42 Å². The van der Waals surface area contributed by atoms with Crippen LogP contribution in [0.5, 0.6) is 0 Å². The summed E-state index contributed by atoms with van der Waals surface area (Å²) in [5.41, 5.74) is 5.01. The molecule has 2 aromatic carbocycles. The lowest BCUT2D eigenvalue weighted by Gasteiger charge is -2.22. The first-order valence-electron chi connectivity index (χ1n) is 10.4. The highest BCUT2D eigenvalue weighted by Gasteiger charge is 2.27. The predicted molar refractivity (Wildman–Crippen MR) is 128 cm³/mol. The average molecular weight is 492 g/mol. The highest BCUT2D eigenvalue weighted by molar-refractivity contribution is 6.69. The number of nitrogens with one attached hydrogen (secondary N) is 2. The van der Waals surface area contributed by atoms with Crippen LogP contribution in [-0.2, 0) is 6.42 Å². The second kappa shape index (κ2) is 9.21. The Labute approximate surface area is 203 Å². The zero-order chi connectivity index (χ0) is 24.5. The summed E-state index contributed by atoms with van der Waals surface area (Å²) in [4.78, 5) is 24.7. The van der Waals surface area contributed by atoms with Crippen molar-refractivity contribution in [1.82, 2.24) is 15.4 Å². The molecule has 0 atom stereocenters. The molecule has 2 aliphatic rings. The number of aliphatic imine (C=N–C) groups is 1. The van der Waals surface area contributed by atoms with E-state index in [0.29, 0.717) is 28.9 Å². The molecule has 5 rings (SSSR count). The lowest BCUT2D eigenvalue weighted by atomic mass is 9.84. The van der Waals surface area contributed by atoms with E-state index in [9.17, 15) is 13.6 Å². The lowest BCUT2D eigenvalue weighted by Crippen LogP contribution is -2.18. The minimum Gasteiger partial charge on any atom is -0.324 e. The Balaban J connectivity index is 1.51. The Morgan fingerprint density at radius 2 is 1.77 bits per heavy atom. The van der Waals surface area contributed by atoms with Crippen LogP contribution in [0.1, 0.15) is 27.2 Å². The van der Waals surface area contributed by atoms with E-state index in [1.165, 1.54) is 42.6 Å². The first-order chi connectivity index (χ1) is 16.9. The van der Waals surface area contributed by atoms with Gasteiger partial charge in [-0.3, -0.25) is 10.0 Å². The van der Waals surface area contributed by atoms with Crippen LogP contribution in [0, 0.1) is 11.6 Å². The number of carbonyl (C=O) groups is 1. The van der Waals surface area contributed by atoms with E-state index in [2.05, 4.69) is 20.3 Å². The number of amides is 1. The number of fused-ring (bicyclic) bond motifs is 3. The van der Waals surface area contributed by atoms with Crippen molar-refractivity contribution < 1.29 is 18.8 Å². The summed E-state index contributed by atoms with van der Waals surface area (Å²) in [6, 6.07) is 10.0. The van der Waals surface area contributed by atoms with Gasteiger partial charge < -0.3 is 5.32 Å². The van der Waals surface area contributed by atoms with Crippen LogP contribution < -0.4 is 10.8 Å². The smallest absolute Gasteiger partial charge is 0.274 e. The second-order valence-electron chi connectivity index (χ2n) is 7.68. The normalized spacial score (nSPS) is 14.4. The number of benzene rings is 2. The van der Waals surface area contributed by atoms with E-state index in [1.807, 2.05) is 6.08 Å². The van der Waals surface area contributed by atoms with Gasteiger partial charge in [-0.05, 0) is 60.0 Å². The molecule has 1 aromatic heterocycles. The maximum atomic E-state index is 14.7. The van der Waals surface area contributed by atoms with Gasteiger partial charge in [0.15, 0.2) is 0 Å². The number of halogens is 3. The molecule has 0 spiro atoms. The molecule has 35 heavy (non-hydrogen) atoms. The maximum Gasteiger partial charge on any atom is 0.274 e. The summed E-state index contributed by atoms with van der Waals surface area (Å²) in [6.07, 6.45) is 6.91. The minimum absolute atomic E-state index is 0.0754. The number of nitrogens with zero attached hydrogens (tertiary/aromatic N) is 3. The molecule has 3 N–H and O–H groups in total. The van der Waals surface area contributed by atoms with E-state index in [1.54, 1.807) is 23.8 Å².